The third-order valence-corrected chi connectivity index (χ3v) is 2.97. The predicted molar refractivity (Wildman–Crippen MR) is 73.3 cm³/mol. The minimum absolute atomic E-state index is 0.0171. The van der Waals surface area contributed by atoms with Gasteiger partial charge in [0.1, 0.15) is 11.9 Å². The van der Waals surface area contributed by atoms with E-state index in [-0.39, 0.29) is 24.6 Å². The first-order valence-corrected chi connectivity index (χ1v) is 6.48. The van der Waals surface area contributed by atoms with E-state index in [9.17, 15) is 9.59 Å². The summed E-state index contributed by atoms with van der Waals surface area (Å²) in [6.07, 6.45) is 2.58. The molecule has 7 nitrogen and oxygen atoms in total. The number of carboxylic acids is 1. The van der Waals surface area contributed by atoms with Crippen molar-refractivity contribution in [2.24, 2.45) is 0 Å². The number of carbonyl (C=O) groups is 2. The molecule has 1 N–H and O–H groups in total. The quantitative estimate of drug-likeness (QED) is 0.781. The number of carbonyl (C=O) groups excluding carboxylic acids is 1. The molecule has 0 radical (unpaired) electrons. The van der Waals surface area contributed by atoms with Crippen LogP contribution in [0.25, 0.3) is 0 Å². The average Bonchev–Trinajstić information content (AvgIpc) is 2.40. The van der Waals surface area contributed by atoms with Crippen molar-refractivity contribution >= 4 is 11.9 Å². The van der Waals surface area contributed by atoms with Crippen molar-refractivity contribution in [2.75, 3.05) is 26.7 Å². The molecule has 0 saturated carbocycles. The molecule has 7 heteroatoms. The largest absolute Gasteiger partial charge is 0.478 e. The Labute approximate surface area is 118 Å². The second-order valence-electron chi connectivity index (χ2n) is 4.43. The molecule has 1 amide bonds. The molecule has 0 aliphatic rings. The molecular formula is C13H20N4O3. The molecule has 1 aromatic rings. The molecule has 1 heterocycles. The normalized spacial score (nSPS) is 10.6. The minimum Gasteiger partial charge on any atom is -0.478 e. The number of likely N-dealkylation sites (N-methyl/N-ethyl adjacent to an activating group) is 2. The van der Waals surface area contributed by atoms with Crippen LogP contribution in [0.15, 0.2) is 12.5 Å². The Morgan fingerprint density at radius 2 is 1.95 bits per heavy atom. The average molecular weight is 280 g/mol. The van der Waals surface area contributed by atoms with Crippen LogP contribution < -0.4 is 0 Å². The highest BCUT2D eigenvalue weighted by atomic mass is 16.4. The first-order chi connectivity index (χ1) is 9.49. The van der Waals surface area contributed by atoms with Gasteiger partial charge in [-0.05, 0) is 20.9 Å². The van der Waals surface area contributed by atoms with Crippen molar-refractivity contribution in [1.29, 1.82) is 0 Å². The molecule has 0 aromatic carbocycles. The van der Waals surface area contributed by atoms with Crippen molar-refractivity contribution in [3.05, 3.63) is 23.8 Å². The van der Waals surface area contributed by atoms with Gasteiger partial charge in [0.2, 0.25) is 5.91 Å². The number of nitrogens with zero attached hydrogens (tertiary/aromatic N) is 4. The van der Waals surface area contributed by atoms with Gasteiger partial charge in [0.15, 0.2) is 0 Å². The van der Waals surface area contributed by atoms with Gasteiger partial charge in [-0.2, -0.15) is 0 Å². The Bertz CT molecular complexity index is 474. The summed E-state index contributed by atoms with van der Waals surface area (Å²) in [6.45, 7) is 5.69. The molecule has 0 aliphatic heterocycles. The molecule has 0 aliphatic carbocycles. The number of amides is 1. The standard InChI is InChI=1S/C13H20N4O3/c1-4-17(5-2)12(18)8-16(3)7-11-10(13(19)20)6-14-9-15-11/h6,9H,4-5,7-8H2,1-3H3,(H,19,20). The molecule has 20 heavy (non-hydrogen) atoms. The van der Waals surface area contributed by atoms with E-state index in [1.807, 2.05) is 13.8 Å². The van der Waals surface area contributed by atoms with Crippen LogP contribution in [-0.4, -0.2) is 63.4 Å². The molecule has 0 unspecified atom stereocenters. The highest BCUT2D eigenvalue weighted by Gasteiger charge is 2.16. The van der Waals surface area contributed by atoms with Gasteiger partial charge in [-0.25, -0.2) is 14.8 Å². The van der Waals surface area contributed by atoms with Crippen molar-refractivity contribution in [1.82, 2.24) is 19.8 Å². The lowest BCUT2D eigenvalue weighted by Crippen LogP contribution is -2.38. The van der Waals surface area contributed by atoms with Crippen molar-refractivity contribution in [3.8, 4) is 0 Å². The first kappa shape index (κ1) is 16.0. The summed E-state index contributed by atoms with van der Waals surface area (Å²) in [7, 11) is 1.76. The lowest BCUT2D eigenvalue weighted by atomic mass is 10.2. The lowest BCUT2D eigenvalue weighted by molar-refractivity contribution is -0.131. The van der Waals surface area contributed by atoms with Crippen molar-refractivity contribution < 1.29 is 14.7 Å². The van der Waals surface area contributed by atoms with Crippen LogP contribution in [0.3, 0.4) is 0 Å². The molecule has 110 valence electrons. The highest BCUT2D eigenvalue weighted by molar-refractivity contribution is 5.88. The first-order valence-electron chi connectivity index (χ1n) is 6.48. The smallest absolute Gasteiger partial charge is 0.339 e. The summed E-state index contributed by atoms with van der Waals surface area (Å²) in [5.74, 6) is -1.05. The molecular weight excluding hydrogens is 260 g/mol. The monoisotopic (exact) mass is 280 g/mol. The Kier molecular flexibility index (Phi) is 6.05. The Morgan fingerprint density at radius 1 is 1.30 bits per heavy atom. The number of hydrogen-bond acceptors (Lipinski definition) is 5. The number of carboxylic acid groups (broad SMARTS) is 1. The highest BCUT2D eigenvalue weighted by Crippen LogP contribution is 2.06. The third-order valence-electron chi connectivity index (χ3n) is 2.97. The molecule has 0 bridgehead atoms. The second-order valence-corrected chi connectivity index (χ2v) is 4.43. The maximum absolute atomic E-state index is 12.0. The van der Waals surface area contributed by atoms with Gasteiger partial charge in [0, 0.05) is 25.8 Å². The third kappa shape index (κ3) is 4.27. The molecule has 0 fully saturated rings. The van der Waals surface area contributed by atoms with E-state index in [0.29, 0.717) is 18.8 Å². The zero-order chi connectivity index (χ0) is 15.1. The maximum atomic E-state index is 12.0. The van der Waals surface area contributed by atoms with Crippen LogP contribution in [0.2, 0.25) is 0 Å². The van der Waals surface area contributed by atoms with Crippen LogP contribution in [0.5, 0.6) is 0 Å². The summed E-state index contributed by atoms with van der Waals surface area (Å²) < 4.78 is 0. The van der Waals surface area contributed by atoms with E-state index >= 15 is 0 Å². The van der Waals surface area contributed by atoms with Crippen LogP contribution >= 0.6 is 0 Å². The van der Waals surface area contributed by atoms with Gasteiger partial charge in [-0.15, -0.1) is 0 Å². The predicted octanol–water partition coefficient (Wildman–Crippen LogP) is 0.475. The fourth-order valence-electron chi connectivity index (χ4n) is 1.88. The maximum Gasteiger partial charge on any atom is 0.339 e. The molecule has 1 aromatic heterocycles. The Balaban J connectivity index is 2.69. The lowest BCUT2D eigenvalue weighted by Gasteiger charge is -2.23. The molecule has 0 spiro atoms. The van der Waals surface area contributed by atoms with Crippen molar-refractivity contribution in [2.45, 2.75) is 20.4 Å². The zero-order valence-corrected chi connectivity index (χ0v) is 12.0. The summed E-state index contributed by atoms with van der Waals surface area (Å²) in [5.41, 5.74) is 0.469. The van der Waals surface area contributed by atoms with Crippen LogP contribution in [0.1, 0.15) is 29.9 Å². The van der Waals surface area contributed by atoms with Crippen LogP contribution in [0.4, 0.5) is 0 Å². The van der Waals surface area contributed by atoms with Gasteiger partial charge in [-0.3, -0.25) is 9.69 Å². The van der Waals surface area contributed by atoms with E-state index < -0.39 is 5.97 Å². The van der Waals surface area contributed by atoms with Gasteiger partial charge in [0.25, 0.3) is 0 Å². The fourth-order valence-corrected chi connectivity index (χ4v) is 1.88. The SMILES string of the molecule is CCN(CC)C(=O)CN(C)Cc1ncncc1C(=O)O. The van der Waals surface area contributed by atoms with E-state index in [4.69, 9.17) is 5.11 Å². The number of aromatic carboxylic acids is 1. The summed E-state index contributed by atoms with van der Waals surface area (Å²) in [4.78, 5) is 34.2. The summed E-state index contributed by atoms with van der Waals surface area (Å²) >= 11 is 0. The number of hydrogen-bond donors (Lipinski definition) is 1. The van der Waals surface area contributed by atoms with Crippen molar-refractivity contribution in [3.63, 3.8) is 0 Å². The molecule has 0 atom stereocenters. The molecule has 0 saturated heterocycles. The van der Waals surface area contributed by atoms with E-state index in [1.54, 1.807) is 16.8 Å². The van der Waals surface area contributed by atoms with Gasteiger partial charge >= 0.3 is 5.97 Å². The topological polar surface area (TPSA) is 86.6 Å². The number of aromatic nitrogens is 2. The molecule has 1 rings (SSSR count). The number of rotatable bonds is 7. The summed E-state index contributed by atoms with van der Waals surface area (Å²) in [5, 5.41) is 9.05. The zero-order valence-electron chi connectivity index (χ0n) is 12.0. The Hall–Kier alpha value is -2.02. The second kappa shape index (κ2) is 7.54. The van der Waals surface area contributed by atoms with Gasteiger partial charge in [0.05, 0.1) is 12.2 Å². The van der Waals surface area contributed by atoms with Crippen LogP contribution in [-0.2, 0) is 11.3 Å². The van der Waals surface area contributed by atoms with E-state index in [2.05, 4.69) is 9.97 Å². The summed E-state index contributed by atoms with van der Waals surface area (Å²) in [6, 6.07) is 0. The van der Waals surface area contributed by atoms with Gasteiger partial charge in [-0.1, -0.05) is 0 Å². The van der Waals surface area contributed by atoms with E-state index in [1.165, 1.54) is 12.5 Å². The van der Waals surface area contributed by atoms with Crippen LogP contribution in [0, 0.1) is 0 Å². The van der Waals surface area contributed by atoms with Gasteiger partial charge < -0.3 is 10.0 Å². The fraction of sp³-hybridized carbons (Fsp3) is 0.538. The van der Waals surface area contributed by atoms with E-state index in [0.717, 1.165) is 0 Å². The minimum atomic E-state index is -1.07. The Morgan fingerprint density at radius 3 is 2.50 bits per heavy atom.